The minimum absolute atomic E-state index is 0.0248. The molecule has 6 nitrogen and oxygen atoms in total. The Morgan fingerprint density at radius 1 is 1.38 bits per heavy atom. The first-order chi connectivity index (χ1) is 10.0. The average Bonchev–Trinajstić information content (AvgIpc) is 3.09. The van der Waals surface area contributed by atoms with Crippen molar-refractivity contribution in [1.82, 2.24) is 9.62 Å². The predicted molar refractivity (Wildman–Crippen MR) is 76.4 cm³/mol. The van der Waals surface area contributed by atoms with Gasteiger partial charge in [-0.3, -0.25) is 0 Å². The van der Waals surface area contributed by atoms with Crippen molar-refractivity contribution < 1.29 is 17.9 Å². The third-order valence-corrected chi connectivity index (χ3v) is 6.18. The number of ether oxygens (including phenoxy) is 1. The van der Waals surface area contributed by atoms with Gasteiger partial charge in [-0.05, 0) is 37.1 Å². The first-order valence-corrected chi connectivity index (χ1v) is 8.39. The van der Waals surface area contributed by atoms with Crippen molar-refractivity contribution in [3.8, 4) is 0 Å². The SMILES string of the molecule is COC(=O)c1cccc(S(=O)(=O)N2CC[C@H]3CNC[C@H]32)c1. The number of carbonyl (C=O) groups excluding carboxylic acids is 1. The maximum Gasteiger partial charge on any atom is 0.337 e. The monoisotopic (exact) mass is 310 g/mol. The second-order valence-electron chi connectivity index (χ2n) is 5.41. The van der Waals surface area contributed by atoms with Gasteiger partial charge in [0.25, 0.3) is 0 Å². The molecular weight excluding hydrogens is 292 g/mol. The molecule has 0 spiro atoms. The van der Waals surface area contributed by atoms with Gasteiger partial charge in [0, 0.05) is 19.1 Å². The molecule has 0 bridgehead atoms. The second-order valence-corrected chi connectivity index (χ2v) is 7.30. The van der Waals surface area contributed by atoms with Gasteiger partial charge in [0.05, 0.1) is 17.6 Å². The molecule has 2 atom stereocenters. The highest BCUT2D eigenvalue weighted by Crippen LogP contribution is 2.32. The Labute approximate surface area is 124 Å². The average molecular weight is 310 g/mol. The Kier molecular flexibility index (Phi) is 3.73. The van der Waals surface area contributed by atoms with Gasteiger partial charge in [-0.25, -0.2) is 13.2 Å². The van der Waals surface area contributed by atoms with E-state index in [1.54, 1.807) is 16.4 Å². The van der Waals surface area contributed by atoms with E-state index >= 15 is 0 Å². The normalized spacial score (nSPS) is 25.8. The van der Waals surface area contributed by atoms with Crippen molar-refractivity contribution in [1.29, 1.82) is 0 Å². The summed E-state index contributed by atoms with van der Waals surface area (Å²) >= 11 is 0. The lowest BCUT2D eigenvalue weighted by Crippen LogP contribution is -2.39. The molecule has 1 aromatic rings. The van der Waals surface area contributed by atoms with Crippen molar-refractivity contribution in [3.05, 3.63) is 29.8 Å². The summed E-state index contributed by atoms with van der Waals surface area (Å²) in [6, 6.07) is 6.06. The largest absolute Gasteiger partial charge is 0.465 e. The summed E-state index contributed by atoms with van der Waals surface area (Å²) in [5, 5.41) is 3.24. The first kappa shape index (κ1) is 14.5. The molecule has 0 radical (unpaired) electrons. The van der Waals surface area contributed by atoms with Crippen LogP contribution in [0.25, 0.3) is 0 Å². The Morgan fingerprint density at radius 3 is 2.95 bits per heavy atom. The Balaban J connectivity index is 1.93. The maximum atomic E-state index is 12.8. The van der Waals surface area contributed by atoms with Gasteiger partial charge in [-0.1, -0.05) is 6.07 Å². The number of nitrogens with one attached hydrogen (secondary N) is 1. The van der Waals surface area contributed by atoms with Gasteiger partial charge in [0.2, 0.25) is 10.0 Å². The van der Waals surface area contributed by atoms with Crippen LogP contribution in [0, 0.1) is 5.92 Å². The van der Waals surface area contributed by atoms with E-state index in [0.29, 0.717) is 19.0 Å². The molecule has 0 aliphatic carbocycles. The van der Waals surface area contributed by atoms with E-state index in [9.17, 15) is 13.2 Å². The Hall–Kier alpha value is -1.44. The predicted octanol–water partition coefficient (Wildman–Crippen LogP) is 0.456. The highest BCUT2D eigenvalue weighted by atomic mass is 32.2. The van der Waals surface area contributed by atoms with E-state index in [4.69, 9.17) is 0 Å². The molecule has 0 unspecified atom stereocenters. The van der Waals surface area contributed by atoms with Crippen molar-refractivity contribution in [2.45, 2.75) is 17.4 Å². The Bertz CT molecular complexity index is 659. The molecule has 2 saturated heterocycles. The number of esters is 1. The van der Waals surface area contributed by atoms with Crippen LogP contribution < -0.4 is 5.32 Å². The van der Waals surface area contributed by atoms with E-state index in [1.807, 2.05) is 0 Å². The lowest BCUT2D eigenvalue weighted by molar-refractivity contribution is 0.0600. The van der Waals surface area contributed by atoms with E-state index in [0.717, 1.165) is 13.0 Å². The molecule has 21 heavy (non-hydrogen) atoms. The third kappa shape index (κ3) is 2.45. The number of hydrogen-bond donors (Lipinski definition) is 1. The number of fused-ring (bicyclic) bond motifs is 1. The topological polar surface area (TPSA) is 75.7 Å². The van der Waals surface area contributed by atoms with Crippen molar-refractivity contribution in [2.75, 3.05) is 26.7 Å². The van der Waals surface area contributed by atoms with Crippen LogP contribution in [0.2, 0.25) is 0 Å². The summed E-state index contributed by atoms with van der Waals surface area (Å²) in [6.45, 7) is 2.11. The highest BCUT2D eigenvalue weighted by molar-refractivity contribution is 7.89. The Morgan fingerprint density at radius 2 is 2.19 bits per heavy atom. The lowest BCUT2D eigenvalue weighted by atomic mass is 10.1. The standard InChI is InChI=1S/C14H18N2O4S/c1-20-14(17)10-3-2-4-12(7-10)21(18,19)16-6-5-11-8-15-9-13(11)16/h2-4,7,11,13,15H,5-6,8-9H2,1H3/t11-,13+/m0/s1. The number of nitrogens with zero attached hydrogens (tertiary/aromatic N) is 1. The van der Waals surface area contributed by atoms with Crippen LogP contribution in [0.5, 0.6) is 0 Å². The summed E-state index contributed by atoms with van der Waals surface area (Å²) in [5.41, 5.74) is 0.249. The zero-order valence-electron chi connectivity index (χ0n) is 11.8. The molecule has 2 aliphatic rings. The van der Waals surface area contributed by atoms with Gasteiger partial charge in [-0.15, -0.1) is 0 Å². The fourth-order valence-corrected chi connectivity index (χ4v) is 4.89. The van der Waals surface area contributed by atoms with Gasteiger partial charge in [0.15, 0.2) is 0 Å². The van der Waals surface area contributed by atoms with Crippen LogP contribution in [0.4, 0.5) is 0 Å². The first-order valence-electron chi connectivity index (χ1n) is 6.95. The molecule has 114 valence electrons. The molecule has 3 rings (SSSR count). The van der Waals surface area contributed by atoms with Crippen LogP contribution in [0.15, 0.2) is 29.2 Å². The third-order valence-electron chi connectivity index (χ3n) is 4.26. The second kappa shape index (κ2) is 5.40. The molecule has 2 aliphatic heterocycles. The fourth-order valence-electron chi connectivity index (χ4n) is 3.14. The molecule has 7 heteroatoms. The number of sulfonamides is 1. The molecule has 0 aromatic heterocycles. The van der Waals surface area contributed by atoms with Gasteiger partial charge in [-0.2, -0.15) is 4.31 Å². The molecule has 1 aromatic carbocycles. The van der Waals surface area contributed by atoms with E-state index in [2.05, 4.69) is 10.1 Å². The molecule has 2 fully saturated rings. The quantitative estimate of drug-likeness (QED) is 0.821. The maximum absolute atomic E-state index is 12.8. The number of benzene rings is 1. The highest BCUT2D eigenvalue weighted by Gasteiger charge is 2.43. The van der Waals surface area contributed by atoms with E-state index in [-0.39, 0.29) is 16.5 Å². The number of rotatable bonds is 3. The van der Waals surface area contributed by atoms with Crippen LogP contribution >= 0.6 is 0 Å². The summed E-state index contributed by atoms with van der Waals surface area (Å²) in [6.07, 6.45) is 0.883. The van der Waals surface area contributed by atoms with Crippen LogP contribution in [0.3, 0.4) is 0 Å². The molecular formula is C14H18N2O4S. The minimum Gasteiger partial charge on any atom is -0.465 e. The molecule has 1 N–H and O–H groups in total. The summed E-state index contributed by atoms with van der Waals surface area (Å²) < 4.78 is 31.8. The van der Waals surface area contributed by atoms with Gasteiger partial charge >= 0.3 is 5.97 Å². The zero-order chi connectivity index (χ0) is 15.0. The molecule has 0 saturated carbocycles. The van der Waals surface area contributed by atoms with E-state index in [1.165, 1.54) is 19.2 Å². The number of methoxy groups -OCH3 is 1. The molecule has 2 heterocycles. The lowest BCUT2D eigenvalue weighted by Gasteiger charge is -2.23. The van der Waals surface area contributed by atoms with E-state index < -0.39 is 16.0 Å². The smallest absolute Gasteiger partial charge is 0.337 e. The summed E-state index contributed by atoms with van der Waals surface area (Å²) in [4.78, 5) is 11.7. The van der Waals surface area contributed by atoms with Crippen molar-refractivity contribution in [3.63, 3.8) is 0 Å². The zero-order valence-corrected chi connectivity index (χ0v) is 12.6. The van der Waals surface area contributed by atoms with Crippen LogP contribution in [-0.2, 0) is 14.8 Å². The summed E-state index contributed by atoms with van der Waals surface area (Å²) in [5.74, 6) is -0.141. The fraction of sp³-hybridized carbons (Fsp3) is 0.500. The van der Waals surface area contributed by atoms with Crippen LogP contribution in [-0.4, -0.2) is 51.5 Å². The number of hydrogen-bond acceptors (Lipinski definition) is 5. The summed E-state index contributed by atoms with van der Waals surface area (Å²) in [7, 11) is -2.30. The van der Waals surface area contributed by atoms with Crippen molar-refractivity contribution in [2.24, 2.45) is 5.92 Å². The van der Waals surface area contributed by atoms with Crippen molar-refractivity contribution >= 4 is 16.0 Å². The molecule has 0 amide bonds. The van der Waals surface area contributed by atoms with Gasteiger partial charge in [0.1, 0.15) is 0 Å². The number of carbonyl (C=O) groups is 1. The minimum atomic E-state index is -3.57. The van der Waals surface area contributed by atoms with Crippen LogP contribution in [0.1, 0.15) is 16.8 Å². The van der Waals surface area contributed by atoms with Gasteiger partial charge < -0.3 is 10.1 Å².